The molecule has 1 heterocycles. The van der Waals surface area contributed by atoms with Crippen molar-refractivity contribution >= 4 is 21.7 Å². The Hall–Kier alpha value is -0.700. The van der Waals surface area contributed by atoms with Crippen molar-refractivity contribution in [2.45, 2.75) is 33.6 Å². The predicted molar refractivity (Wildman–Crippen MR) is 64.7 cm³/mol. The van der Waals surface area contributed by atoms with Crippen LogP contribution in [0.5, 0.6) is 0 Å². The van der Waals surface area contributed by atoms with Crippen LogP contribution in [-0.4, -0.2) is 10.8 Å². The summed E-state index contributed by atoms with van der Waals surface area (Å²) in [6.07, 6.45) is 3.05. The van der Waals surface area contributed by atoms with Gasteiger partial charge in [0.2, 0.25) is 0 Å². The third-order valence-electron chi connectivity index (χ3n) is 2.23. The molecule has 0 bridgehead atoms. The first-order valence-electron chi connectivity index (χ1n) is 5.03. The van der Waals surface area contributed by atoms with Gasteiger partial charge in [-0.1, -0.05) is 20.8 Å². The number of hydrogen-bond donors (Lipinski definition) is 0. The summed E-state index contributed by atoms with van der Waals surface area (Å²) in [5, 5.41) is 0. The summed E-state index contributed by atoms with van der Waals surface area (Å²) in [5.41, 5.74) is 0.728. The molecule has 0 aliphatic carbocycles. The lowest BCUT2D eigenvalue weighted by atomic mass is 9.88. The topological polar surface area (TPSA) is 30.0 Å². The number of ketones is 1. The van der Waals surface area contributed by atoms with Gasteiger partial charge in [-0.25, -0.2) is 0 Å². The normalized spacial score (nSPS) is 11.5. The van der Waals surface area contributed by atoms with Crippen LogP contribution in [0.25, 0.3) is 0 Å². The smallest absolute Gasteiger partial charge is 0.138 e. The molecule has 1 aromatic heterocycles. The number of carbonyl (C=O) groups is 1. The summed E-state index contributed by atoms with van der Waals surface area (Å²) < 4.78 is 0.966. The molecule has 2 nitrogen and oxygen atoms in total. The summed E-state index contributed by atoms with van der Waals surface area (Å²) in [4.78, 5) is 15.9. The molecule has 82 valence electrons. The maximum Gasteiger partial charge on any atom is 0.138 e. The number of halogens is 1. The number of nitrogens with zero attached hydrogens (tertiary/aromatic N) is 1. The number of aryl methyl sites for hydroxylation is 1. The van der Waals surface area contributed by atoms with Gasteiger partial charge in [-0.3, -0.25) is 9.78 Å². The molecule has 0 saturated heterocycles. The van der Waals surface area contributed by atoms with E-state index in [1.54, 1.807) is 6.20 Å². The van der Waals surface area contributed by atoms with E-state index in [0.29, 0.717) is 6.42 Å². The van der Waals surface area contributed by atoms with E-state index in [9.17, 15) is 4.79 Å². The molecule has 0 atom stereocenters. The van der Waals surface area contributed by atoms with E-state index in [2.05, 4.69) is 20.9 Å². The monoisotopic (exact) mass is 269 g/mol. The second kappa shape index (κ2) is 4.88. The van der Waals surface area contributed by atoms with E-state index in [-0.39, 0.29) is 11.2 Å². The van der Waals surface area contributed by atoms with Crippen LogP contribution in [0.4, 0.5) is 0 Å². The lowest BCUT2D eigenvalue weighted by Crippen LogP contribution is -2.20. The van der Waals surface area contributed by atoms with Crippen molar-refractivity contribution in [3.05, 3.63) is 28.5 Å². The van der Waals surface area contributed by atoms with Crippen LogP contribution in [0.2, 0.25) is 0 Å². The zero-order chi connectivity index (χ0) is 11.5. The maximum atomic E-state index is 11.7. The molecule has 0 radical (unpaired) electrons. The van der Waals surface area contributed by atoms with Crippen LogP contribution in [-0.2, 0) is 11.2 Å². The van der Waals surface area contributed by atoms with Crippen LogP contribution in [0.1, 0.15) is 32.9 Å². The minimum Gasteiger partial charge on any atom is -0.299 e. The van der Waals surface area contributed by atoms with E-state index >= 15 is 0 Å². The number of pyridine rings is 1. The van der Waals surface area contributed by atoms with Crippen molar-refractivity contribution < 1.29 is 4.79 Å². The molecule has 0 aliphatic rings. The highest BCUT2D eigenvalue weighted by molar-refractivity contribution is 9.10. The Morgan fingerprint density at radius 1 is 1.40 bits per heavy atom. The molecule has 0 unspecified atom stereocenters. The summed E-state index contributed by atoms with van der Waals surface area (Å²) in [6.45, 7) is 5.85. The molecular weight excluding hydrogens is 254 g/mol. The second-order valence-corrected chi connectivity index (χ2v) is 5.56. The standard InChI is InChI=1S/C12H16BrNO/c1-12(2,3)11(15)7-6-10-5-4-9(13)8-14-10/h4-5,8H,6-7H2,1-3H3. The molecular formula is C12H16BrNO. The Morgan fingerprint density at radius 3 is 2.53 bits per heavy atom. The molecule has 0 aliphatic heterocycles. The Bertz CT molecular complexity index is 338. The number of rotatable bonds is 3. The van der Waals surface area contributed by atoms with Gasteiger partial charge in [-0.2, -0.15) is 0 Å². The van der Waals surface area contributed by atoms with Crippen LogP contribution < -0.4 is 0 Å². The van der Waals surface area contributed by atoms with Crippen LogP contribution in [0.3, 0.4) is 0 Å². The first-order valence-corrected chi connectivity index (χ1v) is 5.82. The molecule has 0 spiro atoms. The average Bonchev–Trinajstić information content (AvgIpc) is 2.15. The zero-order valence-corrected chi connectivity index (χ0v) is 11.0. The van der Waals surface area contributed by atoms with Gasteiger partial charge in [0.15, 0.2) is 0 Å². The number of Topliss-reactive ketones (excluding diaryl/α,β-unsaturated/α-hetero) is 1. The molecule has 0 aromatic carbocycles. The molecule has 0 N–H and O–H groups in total. The highest BCUT2D eigenvalue weighted by Crippen LogP contribution is 2.18. The Labute approximate surface area is 99.2 Å². The third kappa shape index (κ3) is 4.12. The Balaban J connectivity index is 2.51. The Morgan fingerprint density at radius 2 is 2.07 bits per heavy atom. The fourth-order valence-corrected chi connectivity index (χ4v) is 1.41. The van der Waals surface area contributed by atoms with E-state index in [4.69, 9.17) is 0 Å². The first kappa shape index (κ1) is 12.4. The highest BCUT2D eigenvalue weighted by Gasteiger charge is 2.20. The summed E-state index contributed by atoms with van der Waals surface area (Å²) >= 11 is 3.33. The molecule has 0 saturated carbocycles. The van der Waals surface area contributed by atoms with Gasteiger partial charge in [0.1, 0.15) is 5.78 Å². The lowest BCUT2D eigenvalue weighted by Gasteiger charge is -2.15. The van der Waals surface area contributed by atoms with Gasteiger partial charge in [0, 0.05) is 28.2 Å². The van der Waals surface area contributed by atoms with Crippen molar-refractivity contribution in [1.82, 2.24) is 4.98 Å². The fourth-order valence-electron chi connectivity index (χ4n) is 1.17. The van der Waals surface area contributed by atoms with Gasteiger partial charge in [0.05, 0.1) is 0 Å². The Kier molecular flexibility index (Phi) is 4.03. The second-order valence-electron chi connectivity index (χ2n) is 4.64. The fraction of sp³-hybridized carbons (Fsp3) is 0.500. The molecule has 3 heteroatoms. The molecule has 1 rings (SSSR count). The lowest BCUT2D eigenvalue weighted by molar-refractivity contribution is -0.126. The van der Waals surface area contributed by atoms with E-state index in [1.807, 2.05) is 32.9 Å². The first-order chi connectivity index (χ1) is 6.89. The largest absolute Gasteiger partial charge is 0.299 e. The maximum absolute atomic E-state index is 11.7. The highest BCUT2D eigenvalue weighted by atomic mass is 79.9. The summed E-state index contributed by atoms with van der Waals surface area (Å²) in [6, 6.07) is 3.89. The van der Waals surface area contributed by atoms with Gasteiger partial charge >= 0.3 is 0 Å². The van der Waals surface area contributed by atoms with Crippen LogP contribution in [0, 0.1) is 5.41 Å². The predicted octanol–water partition coefficient (Wildman–Crippen LogP) is 3.39. The van der Waals surface area contributed by atoms with Crippen LogP contribution in [0.15, 0.2) is 22.8 Å². The number of carbonyl (C=O) groups excluding carboxylic acids is 1. The van der Waals surface area contributed by atoms with Crippen molar-refractivity contribution in [2.75, 3.05) is 0 Å². The van der Waals surface area contributed by atoms with Gasteiger partial charge in [-0.05, 0) is 34.5 Å². The van der Waals surface area contributed by atoms with Crippen molar-refractivity contribution in [3.8, 4) is 0 Å². The third-order valence-corrected chi connectivity index (χ3v) is 2.70. The summed E-state index contributed by atoms with van der Waals surface area (Å²) in [5.74, 6) is 0.284. The van der Waals surface area contributed by atoms with E-state index in [0.717, 1.165) is 16.6 Å². The SMILES string of the molecule is CC(C)(C)C(=O)CCc1ccc(Br)cn1. The van der Waals surface area contributed by atoms with Crippen molar-refractivity contribution in [3.63, 3.8) is 0 Å². The van der Waals surface area contributed by atoms with Gasteiger partial charge < -0.3 is 0 Å². The average molecular weight is 270 g/mol. The molecule has 0 fully saturated rings. The number of hydrogen-bond acceptors (Lipinski definition) is 2. The van der Waals surface area contributed by atoms with Crippen molar-refractivity contribution in [1.29, 1.82) is 0 Å². The molecule has 0 amide bonds. The van der Waals surface area contributed by atoms with Crippen molar-refractivity contribution in [2.24, 2.45) is 5.41 Å². The van der Waals surface area contributed by atoms with E-state index < -0.39 is 0 Å². The number of aromatic nitrogens is 1. The molecule has 15 heavy (non-hydrogen) atoms. The minimum atomic E-state index is -0.241. The van der Waals surface area contributed by atoms with Gasteiger partial charge in [-0.15, -0.1) is 0 Å². The quantitative estimate of drug-likeness (QED) is 0.842. The van der Waals surface area contributed by atoms with E-state index in [1.165, 1.54) is 0 Å². The van der Waals surface area contributed by atoms with Crippen LogP contribution >= 0.6 is 15.9 Å². The summed E-state index contributed by atoms with van der Waals surface area (Å²) in [7, 11) is 0. The minimum absolute atomic E-state index is 0.241. The van der Waals surface area contributed by atoms with Gasteiger partial charge in [0.25, 0.3) is 0 Å². The molecule has 1 aromatic rings. The zero-order valence-electron chi connectivity index (χ0n) is 9.38.